The van der Waals surface area contributed by atoms with Gasteiger partial charge < -0.3 is 4.74 Å². The van der Waals surface area contributed by atoms with Crippen molar-refractivity contribution in [2.24, 2.45) is 4.99 Å². The third-order valence-electron chi connectivity index (χ3n) is 4.44. The van der Waals surface area contributed by atoms with Crippen molar-refractivity contribution in [1.82, 2.24) is 0 Å². The van der Waals surface area contributed by atoms with Crippen molar-refractivity contribution in [3.8, 4) is 5.75 Å². The van der Waals surface area contributed by atoms with Gasteiger partial charge in [0.2, 0.25) is 0 Å². The smallest absolute Gasteiger partial charge is 0.120 e. The SMILES string of the molecule is Cc1ccc(C)c(C(C)/N=C/c2cccc(OCc3ccccc3)c2)c1. The molecule has 3 aromatic rings. The van der Waals surface area contributed by atoms with Gasteiger partial charge in [0.1, 0.15) is 12.4 Å². The Labute approximate surface area is 156 Å². The highest BCUT2D eigenvalue weighted by molar-refractivity contribution is 5.80. The Kier molecular flexibility index (Phi) is 5.85. The molecule has 26 heavy (non-hydrogen) atoms. The van der Waals surface area contributed by atoms with E-state index < -0.39 is 0 Å². The lowest BCUT2D eigenvalue weighted by molar-refractivity contribution is 0.306. The van der Waals surface area contributed by atoms with E-state index in [1.165, 1.54) is 16.7 Å². The molecule has 0 bridgehead atoms. The van der Waals surface area contributed by atoms with Gasteiger partial charge in [-0.05, 0) is 55.2 Å². The average molecular weight is 343 g/mol. The van der Waals surface area contributed by atoms with Crippen LogP contribution in [0.25, 0.3) is 0 Å². The van der Waals surface area contributed by atoms with Crippen LogP contribution in [-0.4, -0.2) is 6.21 Å². The zero-order chi connectivity index (χ0) is 18.4. The van der Waals surface area contributed by atoms with Gasteiger partial charge in [0.15, 0.2) is 0 Å². The molecule has 0 amide bonds. The predicted molar refractivity (Wildman–Crippen MR) is 109 cm³/mol. The van der Waals surface area contributed by atoms with Gasteiger partial charge in [-0.1, -0.05) is 66.2 Å². The van der Waals surface area contributed by atoms with Gasteiger partial charge in [0.25, 0.3) is 0 Å². The van der Waals surface area contributed by atoms with E-state index in [0.717, 1.165) is 16.9 Å². The van der Waals surface area contributed by atoms with Gasteiger partial charge >= 0.3 is 0 Å². The predicted octanol–water partition coefficient (Wildman–Crippen LogP) is 6.06. The first-order chi connectivity index (χ1) is 12.6. The Bertz CT molecular complexity index is 884. The molecule has 0 fully saturated rings. The van der Waals surface area contributed by atoms with Crippen LogP contribution in [-0.2, 0) is 6.61 Å². The van der Waals surface area contributed by atoms with Crippen molar-refractivity contribution >= 4 is 6.21 Å². The van der Waals surface area contributed by atoms with Gasteiger partial charge in [-0.15, -0.1) is 0 Å². The molecule has 2 heteroatoms. The van der Waals surface area contributed by atoms with Crippen molar-refractivity contribution < 1.29 is 4.74 Å². The van der Waals surface area contributed by atoms with Crippen LogP contribution in [0.4, 0.5) is 0 Å². The molecule has 0 aliphatic rings. The van der Waals surface area contributed by atoms with Crippen molar-refractivity contribution in [2.45, 2.75) is 33.4 Å². The second-order valence-electron chi connectivity index (χ2n) is 6.66. The van der Waals surface area contributed by atoms with E-state index in [-0.39, 0.29) is 6.04 Å². The summed E-state index contributed by atoms with van der Waals surface area (Å²) in [6.45, 7) is 6.96. The Morgan fingerprint density at radius 2 is 1.73 bits per heavy atom. The van der Waals surface area contributed by atoms with Crippen LogP contribution in [0.15, 0.2) is 77.8 Å². The lowest BCUT2D eigenvalue weighted by Gasteiger charge is -2.11. The molecule has 0 radical (unpaired) electrons. The highest BCUT2D eigenvalue weighted by Gasteiger charge is 2.06. The monoisotopic (exact) mass is 343 g/mol. The molecule has 0 saturated carbocycles. The van der Waals surface area contributed by atoms with Crippen LogP contribution < -0.4 is 4.74 Å². The van der Waals surface area contributed by atoms with Crippen LogP contribution in [0, 0.1) is 13.8 Å². The topological polar surface area (TPSA) is 21.6 Å². The number of nitrogens with zero attached hydrogens (tertiary/aromatic N) is 1. The summed E-state index contributed by atoms with van der Waals surface area (Å²) in [6, 6.07) is 24.9. The Balaban J connectivity index is 1.68. The highest BCUT2D eigenvalue weighted by atomic mass is 16.5. The number of rotatable bonds is 6. The van der Waals surface area contributed by atoms with Gasteiger partial charge in [-0.3, -0.25) is 4.99 Å². The fourth-order valence-corrected chi connectivity index (χ4v) is 2.91. The molecule has 1 atom stereocenters. The maximum Gasteiger partial charge on any atom is 0.120 e. The molecule has 0 aliphatic carbocycles. The Morgan fingerprint density at radius 3 is 2.54 bits per heavy atom. The van der Waals surface area contributed by atoms with Gasteiger partial charge in [0, 0.05) is 6.21 Å². The molecular weight excluding hydrogens is 318 g/mol. The van der Waals surface area contributed by atoms with Gasteiger partial charge in [0.05, 0.1) is 6.04 Å². The van der Waals surface area contributed by atoms with Crippen LogP contribution in [0.1, 0.15) is 40.8 Å². The second kappa shape index (κ2) is 8.48. The molecule has 3 aromatic carbocycles. The quantitative estimate of drug-likeness (QED) is 0.498. The van der Waals surface area contributed by atoms with E-state index in [1.54, 1.807) is 0 Å². The van der Waals surface area contributed by atoms with Crippen LogP contribution in [0.5, 0.6) is 5.75 Å². The third kappa shape index (κ3) is 4.82. The van der Waals surface area contributed by atoms with Gasteiger partial charge in [-0.2, -0.15) is 0 Å². The fourth-order valence-electron chi connectivity index (χ4n) is 2.91. The second-order valence-corrected chi connectivity index (χ2v) is 6.66. The maximum atomic E-state index is 5.90. The molecule has 0 heterocycles. The number of benzene rings is 3. The lowest BCUT2D eigenvalue weighted by Crippen LogP contribution is -1.97. The summed E-state index contributed by atoms with van der Waals surface area (Å²) in [5.74, 6) is 0.859. The van der Waals surface area contributed by atoms with E-state index in [4.69, 9.17) is 9.73 Å². The molecule has 0 aromatic heterocycles. The normalized spacial score (nSPS) is 12.3. The molecular formula is C24H25NO. The van der Waals surface area contributed by atoms with E-state index in [2.05, 4.69) is 57.2 Å². The van der Waals surface area contributed by atoms with Crippen LogP contribution in [0.2, 0.25) is 0 Å². The minimum atomic E-state index is 0.129. The molecule has 0 spiro atoms. The minimum Gasteiger partial charge on any atom is -0.489 e. The first kappa shape index (κ1) is 17.9. The minimum absolute atomic E-state index is 0.129. The molecule has 3 rings (SSSR count). The highest BCUT2D eigenvalue weighted by Crippen LogP contribution is 2.22. The number of aryl methyl sites for hydroxylation is 2. The summed E-state index contributed by atoms with van der Waals surface area (Å²) in [6.07, 6.45) is 1.93. The molecule has 0 aliphatic heterocycles. The molecule has 0 saturated heterocycles. The van der Waals surface area contributed by atoms with E-state index in [9.17, 15) is 0 Å². The van der Waals surface area contributed by atoms with Crippen molar-refractivity contribution in [2.75, 3.05) is 0 Å². The summed E-state index contributed by atoms with van der Waals surface area (Å²) in [5, 5.41) is 0. The maximum absolute atomic E-state index is 5.90. The summed E-state index contributed by atoms with van der Waals surface area (Å²) < 4.78 is 5.90. The summed E-state index contributed by atoms with van der Waals surface area (Å²) in [7, 11) is 0. The van der Waals surface area contributed by atoms with Crippen LogP contribution >= 0.6 is 0 Å². The summed E-state index contributed by atoms with van der Waals surface area (Å²) in [5.41, 5.74) is 6.03. The Morgan fingerprint density at radius 1 is 0.923 bits per heavy atom. The average Bonchev–Trinajstić information content (AvgIpc) is 2.67. The van der Waals surface area contributed by atoms with Crippen molar-refractivity contribution in [1.29, 1.82) is 0 Å². The van der Waals surface area contributed by atoms with E-state index in [1.807, 2.05) is 42.6 Å². The first-order valence-corrected chi connectivity index (χ1v) is 8.99. The molecule has 132 valence electrons. The van der Waals surface area contributed by atoms with E-state index >= 15 is 0 Å². The fraction of sp³-hybridized carbons (Fsp3) is 0.208. The zero-order valence-electron chi connectivity index (χ0n) is 15.6. The van der Waals surface area contributed by atoms with Crippen molar-refractivity contribution in [3.05, 3.63) is 101 Å². The summed E-state index contributed by atoms with van der Waals surface area (Å²) >= 11 is 0. The number of hydrogen-bond donors (Lipinski definition) is 0. The van der Waals surface area contributed by atoms with Crippen molar-refractivity contribution in [3.63, 3.8) is 0 Å². The largest absolute Gasteiger partial charge is 0.489 e. The standard InChI is InChI=1S/C24H25NO/c1-18-12-13-19(2)24(14-18)20(3)25-16-22-10-7-11-23(15-22)26-17-21-8-5-4-6-9-21/h4-16,20H,17H2,1-3H3/b25-16+. The van der Waals surface area contributed by atoms with Gasteiger partial charge in [-0.25, -0.2) is 0 Å². The van der Waals surface area contributed by atoms with Crippen LogP contribution in [0.3, 0.4) is 0 Å². The number of aliphatic imine (C=N–C) groups is 1. The first-order valence-electron chi connectivity index (χ1n) is 8.99. The lowest BCUT2D eigenvalue weighted by atomic mass is 10.0. The third-order valence-corrected chi connectivity index (χ3v) is 4.44. The zero-order valence-corrected chi connectivity index (χ0v) is 15.6. The molecule has 0 N–H and O–H groups in total. The number of hydrogen-bond acceptors (Lipinski definition) is 2. The molecule has 2 nitrogen and oxygen atoms in total. The van der Waals surface area contributed by atoms with E-state index in [0.29, 0.717) is 6.61 Å². The summed E-state index contributed by atoms with van der Waals surface area (Å²) in [4.78, 5) is 4.75. The molecule has 1 unspecified atom stereocenters. The Hall–Kier alpha value is -2.87. The number of ether oxygens (including phenoxy) is 1.